The molecule has 0 bridgehead atoms. The van der Waals surface area contributed by atoms with Gasteiger partial charge in [-0.05, 0) is 25.0 Å². The SMILES string of the molecule is CC(C)CS(=O)(=O)NCC(C)(O)Cc1ccco1. The van der Waals surface area contributed by atoms with E-state index in [4.69, 9.17) is 4.42 Å². The highest BCUT2D eigenvalue weighted by Crippen LogP contribution is 2.13. The number of sulfonamides is 1. The average Bonchev–Trinajstić information content (AvgIpc) is 2.65. The Morgan fingerprint density at radius 1 is 1.50 bits per heavy atom. The summed E-state index contributed by atoms with van der Waals surface area (Å²) in [4.78, 5) is 0. The van der Waals surface area contributed by atoms with Gasteiger partial charge in [0, 0.05) is 13.0 Å². The maximum Gasteiger partial charge on any atom is 0.211 e. The van der Waals surface area contributed by atoms with Crippen molar-refractivity contribution in [3.05, 3.63) is 24.2 Å². The predicted octanol–water partition coefficient (Wildman–Crippen LogP) is 1.15. The molecule has 1 unspecified atom stereocenters. The Balaban J connectivity index is 2.51. The summed E-state index contributed by atoms with van der Waals surface area (Å²) in [5.74, 6) is 0.740. The van der Waals surface area contributed by atoms with Crippen LogP contribution in [0.25, 0.3) is 0 Å². The first-order valence-electron chi connectivity index (χ1n) is 5.92. The lowest BCUT2D eigenvalue weighted by Crippen LogP contribution is -2.43. The Kier molecular flexibility index (Phi) is 4.95. The quantitative estimate of drug-likeness (QED) is 0.782. The molecule has 0 saturated heterocycles. The third-order valence-corrected chi connectivity index (χ3v) is 4.05. The molecule has 0 aliphatic rings. The van der Waals surface area contributed by atoms with Crippen LogP contribution in [0.3, 0.4) is 0 Å². The van der Waals surface area contributed by atoms with Gasteiger partial charge >= 0.3 is 0 Å². The van der Waals surface area contributed by atoms with E-state index >= 15 is 0 Å². The highest BCUT2D eigenvalue weighted by Gasteiger charge is 2.25. The molecule has 0 aliphatic heterocycles. The molecule has 104 valence electrons. The van der Waals surface area contributed by atoms with Gasteiger partial charge in [-0.1, -0.05) is 13.8 Å². The fourth-order valence-corrected chi connectivity index (χ4v) is 3.14. The fourth-order valence-electron chi connectivity index (χ4n) is 1.61. The largest absolute Gasteiger partial charge is 0.469 e. The van der Waals surface area contributed by atoms with Crippen LogP contribution in [0, 0.1) is 5.92 Å². The zero-order valence-corrected chi connectivity index (χ0v) is 11.8. The van der Waals surface area contributed by atoms with Gasteiger partial charge in [0.2, 0.25) is 10.0 Å². The van der Waals surface area contributed by atoms with E-state index in [0.29, 0.717) is 5.76 Å². The Morgan fingerprint density at radius 2 is 2.17 bits per heavy atom. The monoisotopic (exact) mass is 275 g/mol. The zero-order valence-electron chi connectivity index (χ0n) is 11.0. The second kappa shape index (κ2) is 5.86. The van der Waals surface area contributed by atoms with Crippen molar-refractivity contribution in [3.8, 4) is 0 Å². The van der Waals surface area contributed by atoms with Gasteiger partial charge in [-0.3, -0.25) is 0 Å². The Hall–Kier alpha value is -0.850. The van der Waals surface area contributed by atoms with Crippen LogP contribution in [0.2, 0.25) is 0 Å². The van der Waals surface area contributed by atoms with Crippen molar-refractivity contribution in [1.82, 2.24) is 4.72 Å². The molecular weight excluding hydrogens is 254 g/mol. The summed E-state index contributed by atoms with van der Waals surface area (Å²) in [6.07, 6.45) is 1.79. The summed E-state index contributed by atoms with van der Waals surface area (Å²) < 4.78 is 30.8. The van der Waals surface area contributed by atoms with Gasteiger partial charge in [-0.2, -0.15) is 0 Å². The Bertz CT molecular complexity index is 448. The number of hydrogen-bond donors (Lipinski definition) is 2. The maximum absolute atomic E-state index is 11.6. The van der Waals surface area contributed by atoms with Crippen molar-refractivity contribution in [2.75, 3.05) is 12.3 Å². The number of furan rings is 1. The minimum atomic E-state index is -3.33. The van der Waals surface area contributed by atoms with Gasteiger partial charge in [0.1, 0.15) is 5.76 Å². The Labute approximate surface area is 108 Å². The highest BCUT2D eigenvalue weighted by molar-refractivity contribution is 7.89. The highest BCUT2D eigenvalue weighted by atomic mass is 32.2. The average molecular weight is 275 g/mol. The zero-order chi connectivity index (χ0) is 13.8. The first kappa shape index (κ1) is 15.2. The van der Waals surface area contributed by atoms with Gasteiger partial charge in [0.05, 0.1) is 17.6 Å². The molecule has 2 N–H and O–H groups in total. The van der Waals surface area contributed by atoms with Crippen LogP contribution < -0.4 is 4.72 Å². The molecule has 1 aromatic rings. The third-order valence-electron chi connectivity index (χ3n) is 2.36. The summed E-state index contributed by atoms with van der Waals surface area (Å²) in [7, 11) is -3.33. The topological polar surface area (TPSA) is 79.5 Å². The molecule has 6 heteroatoms. The lowest BCUT2D eigenvalue weighted by Gasteiger charge is -2.22. The van der Waals surface area contributed by atoms with E-state index in [1.165, 1.54) is 6.26 Å². The normalized spacial score (nSPS) is 15.8. The molecule has 5 nitrogen and oxygen atoms in total. The summed E-state index contributed by atoms with van der Waals surface area (Å²) >= 11 is 0. The lowest BCUT2D eigenvalue weighted by atomic mass is 10.0. The van der Waals surface area contributed by atoms with Crippen LogP contribution in [0.4, 0.5) is 0 Å². The van der Waals surface area contributed by atoms with Gasteiger partial charge in [-0.25, -0.2) is 13.1 Å². The lowest BCUT2D eigenvalue weighted by molar-refractivity contribution is 0.0603. The summed E-state index contributed by atoms with van der Waals surface area (Å²) in [6.45, 7) is 5.22. The van der Waals surface area contributed by atoms with Crippen LogP contribution in [0.5, 0.6) is 0 Å². The molecule has 1 atom stereocenters. The summed E-state index contributed by atoms with van der Waals surface area (Å²) in [5.41, 5.74) is -1.16. The number of aliphatic hydroxyl groups is 1. The van der Waals surface area contributed by atoms with Gasteiger partial charge in [-0.15, -0.1) is 0 Å². The summed E-state index contributed by atoms with van der Waals surface area (Å²) in [5, 5.41) is 10.1. The second-order valence-corrected chi connectivity index (χ2v) is 7.10. The van der Waals surface area contributed by atoms with E-state index in [9.17, 15) is 13.5 Å². The molecule has 0 fully saturated rings. The Morgan fingerprint density at radius 3 is 2.67 bits per heavy atom. The van der Waals surface area contributed by atoms with Crippen molar-refractivity contribution in [1.29, 1.82) is 0 Å². The van der Waals surface area contributed by atoms with E-state index in [2.05, 4.69) is 4.72 Å². The molecular formula is C12H21NO4S. The minimum absolute atomic E-state index is 0.0250. The van der Waals surface area contributed by atoms with E-state index < -0.39 is 15.6 Å². The maximum atomic E-state index is 11.6. The molecule has 1 aromatic heterocycles. The predicted molar refractivity (Wildman–Crippen MR) is 69.7 cm³/mol. The molecule has 0 spiro atoms. The van der Waals surface area contributed by atoms with E-state index in [-0.39, 0.29) is 24.6 Å². The van der Waals surface area contributed by atoms with Crippen LogP contribution in [0.1, 0.15) is 26.5 Å². The number of hydrogen-bond acceptors (Lipinski definition) is 4. The van der Waals surface area contributed by atoms with Gasteiger partial charge < -0.3 is 9.52 Å². The molecule has 1 heterocycles. The first-order chi connectivity index (χ1) is 8.20. The number of rotatable bonds is 7. The van der Waals surface area contributed by atoms with Crippen molar-refractivity contribution >= 4 is 10.0 Å². The van der Waals surface area contributed by atoms with E-state index in [1.807, 2.05) is 13.8 Å². The smallest absolute Gasteiger partial charge is 0.211 e. The number of nitrogens with one attached hydrogen (secondary N) is 1. The van der Waals surface area contributed by atoms with Crippen LogP contribution in [0.15, 0.2) is 22.8 Å². The molecule has 0 radical (unpaired) electrons. The first-order valence-corrected chi connectivity index (χ1v) is 7.57. The second-order valence-electron chi connectivity index (χ2n) is 5.25. The summed E-state index contributed by atoms with van der Waals surface area (Å²) in [6, 6.07) is 3.48. The van der Waals surface area contributed by atoms with E-state index in [0.717, 1.165) is 0 Å². The van der Waals surface area contributed by atoms with E-state index in [1.54, 1.807) is 19.1 Å². The molecule has 0 amide bonds. The van der Waals surface area contributed by atoms with Crippen LogP contribution in [-0.2, 0) is 16.4 Å². The van der Waals surface area contributed by atoms with Gasteiger partial charge in [0.25, 0.3) is 0 Å². The van der Waals surface area contributed by atoms with Crippen LogP contribution in [-0.4, -0.2) is 31.4 Å². The molecule has 0 aliphatic carbocycles. The standard InChI is InChI=1S/C12H21NO4S/c1-10(2)8-18(15,16)13-9-12(3,14)7-11-5-4-6-17-11/h4-6,10,13-14H,7-9H2,1-3H3. The fraction of sp³-hybridized carbons (Fsp3) is 0.667. The molecule has 1 rings (SSSR count). The molecule has 0 aromatic carbocycles. The third kappa shape index (κ3) is 5.66. The van der Waals surface area contributed by atoms with Crippen molar-refractivity contribution < 1.29 is 17.9 Å². The van der Waals surface area contributed by atoms with Crippen molar-refractivity contribution in [2.45, 2.75) is 32.8 Å². The van der Waals surface area contributed by atoms with Crippen molar-refractivity contribution in [2.24, 2.45) is 5.92 Å². The molecule has 0 saturated carbocycles. The van der Waals surface area contributed by atoms with Crippen LogP contribution >= 0.6 is 0 Å². The minimum Gasteiger partial charge on any atom is -0.469 e. The van der Waals surface area contributed by atoms with Gasteiger partial charge in [0.15, 0.2) is 0 Å². The van der Waals surface area contributed by atoms with Crippen molar-refractivity contribution in [3.63, 3.8) is 0 Å². The molecule has 18 heavy (non-hydrogen) atoms.